The average Bonchev–Trinajstić information content (AvgIpc) is 2.15. The molecule has 10 heteroatoms. The Bertz CT molecular complexity index is 451. The van der Waals surface area contributed by atoms with Crippen molar-refractivity contribution in [2.24, 2.45) is 0 Å². The summed E-state index contributed by atoms with van der Waals surface area (Å²) in [5, 5.41) is 10.4. The number of pyridine rings is 1. The number of alkyl halides is 4. The number of rotatable bonds is 3. The van der Waals surface area contributed by atoms with Crippen molar-refractivity contribution in [1.82, 2.24) is 4.98 Å². The van der Waals surface area contributed by atoms with Crippen LogP contribution in [-0.4, -0.2) is 16.3 Å². The molecule has 0 aliphatic rings. The van der Waals surface area contributed by atoms with E-state index in [9.17, 15) is 27.7 Å². The Kier molecular flexibility index (Phi) is 3.71. The Hall–Kier alpha value is -1.64. The lowest BCUT2D eigenvalue weighted by atomic mass is 10.2. The first kappa shape index (κ1) is 13.4. The Morgan fingerprint density at radius 1 is 1.53 bits per heavy atom. The molecule has 0 aliphatic carbocycles. The SMILES string of the molecule is O=[N+]([O-])c1c(F)ncc(CCl)c1OC(F)(F)F. The van der Waals surface area contributed by atoms with Gasteiger partial charge in [-0.15, -0.1) is 24.8 Å². The van der Waals surface area contributed by atoms with Crippen LogP contribution in [-0.2, 0) is 5.88 Å². The maximum absolute atomic E-state index is 12.9. The van der Waals surface area contributed by atoms with Crippen LogP contribution in [0.5, 0.6) is 5.75 Å². The second-order valence-corrected chi connectivity index (χ2v) is 2.96. The molecule has 1 aromatic rings. The molecule has 17 heavy (non-hydrogen) atoms. The highest BCUT2D eigenvalue weighted by molar-refractivity contribution is 6.17. The van der Waals surface area contributed by atoms with E-state index >= 15 is 0 Å². The van der Waals surface area contributed by atoms with Crippen molar-refractivity contribution in [3.8, 4) is 5.75 Å². The molecule has 0 radical (unpaired) electrons. The van der Waals surface area contributed by atoms with Gasteiger partial charge in [0.15, 0.2) is 0 Å². The van der Waals surface area contributed by atoms with Gasteiger partial charge in [-0.2, -0.15) is 4.39 Å². The molecule has 5 nitrogen and oxygen atoms in total. The maximum atomic E-state index is 12.9. The molecule has 0 saturated carbocycles. The Balaban J connectivity index is 3.40. The van der Waals surface area contributed by atoms with Crippen molar-refractivity contribution < 1.29 is 27.2 Å². The summed E-state index contributed by atoms with van der Waals surface area (Å²) in [7, 11) is 0. The lowest BCUT2D eigenvalue weighted by Crippen LogP contribution is -2.19. The highest BCUT2D eigenvalue weighted by atomic mass is 35.5. The zero-order valence-corrected chi connectivity index (χ0v) is 8.55. The fraction of sp³-hybridized carbons (Fsp3) is 0.286. The summed E-state index contributed by atoms with van der Waals surface area (Å²) < 4.78 is 52.3. The lowest BCUT2D eigenvalue weighted by molar-refractivity contribution is -0.391. The molecule has 0 amide bonds. The number of nitro groups is 1. The van der Waals surface area contributed by atoms with Crippen molar-refractivity contribution in [2.75, 3.05) is 0 Å². The van der Waals surface area contributed by atoms with Crippen LogP contribution >= 0.6 is 11.6 Å². The van der Waals surface area contributed by atoms with E-state index in [0.29, 0.717) is 6.20 Å². The quantitative estimate of drug-likeness (QED) is 0.279. The Labute approximate surface area is 96.1 Å². The highest BCUT2D eigenvalue weighted by Gasteiger charge is 2.37. The van der Waals surface area contributed by atoms with Gasteiger partial charge in [0.05, 0.1) is 10.8 Å². The van der Waals surface area contributed by atoms with E-state index in [-0.39, 0.29) is 0 Å². The third kappa shape index (κ3) is 3.16. The van der Waals surface area contributed by atoms with Gasteiger partial charge in [0.25, 0.3) is 5.95 Å². The van der Waals surface area contributed by atoms with Gasteiger partial charge >= 0.3 is 12.0 Å². The van der Waals surface area contributed by atoms with E-state index < -0.39 is 40.1 Å². The second-order valence-electron chi connectivity index (χ2n) is 2.69. The number of nitrogens with zero attached hydrogens (tertiary/aromatic N) is 2. The van der Waals surface area contributed by atoms with Gasteiger partial charge in [-0.25, -0.2) is 4.98 Å². The molecule has 1 heterocycles. The molecule has 0 spiro atoms. The van der Waals surface area contributed by atoms with E-state index in [1.165, 1.54) is 0 Å². The molecule has 1 rings (SSSR count). The predicted molar refractivity (Wildman–Crippen MR) is 47.1 cm³/mol. The van der Waals surface area contributed by atoms with E-state index in [1.807, 2.05) is 0 Å². The molecule has 0 bridgehead atoms. The number of hydrogen-bond acceptors (Lipinski definition) is 4. The second kappa shape index (κ2) is 4.70. The first-order valence-corrected chi connectivity index (χ1v) is 4.43. The van der Waals surface area contributed by atoms with Crippen molar-refractivity contribution >= 4 is 17.3 Å². The Morgan fingerprint density at radius 2 is 2.12 bits per heavy atom. The van der Waals surface area contributed by atoms with Gasteiger partial charge < -0.3 is 4.74 Å². The van der Waals surface area contributed by atoms with Crippen molar-refractivity contribution in [3.63, 3.8) is 0 Å². The standard InChI is InChI=1S/C7H3ClF4N2O3/c8-1-3-2-13-6(9)4(14(15)16)5(3)17-7(10,11)12/h2H,1H2. The molecular weight excluding hydrogens is 272 g/mol. The lowest BCUT2D eigenvalue weighted by Gasteiger charge is -2.11. The highest BCUT2D eigenvalue weighted by Crippen LogP contribution is 2.36. The monoisotopic (exact) mass is 274 g/mol. The van der Waals surface area contributed by atoms with E-state index in [1.54, 1.807) is 0 Å². The molecule has 0 saturated heterocycles. The molecule has 0 aliphatic heterocycles. The predicted octanol–water partition coefficient (Wildman–Crippen LogP) is 2.77. The van der Waals surface area contributed by atoms with Crippen LogP contribution in [0, 0.1) is 16.1 Å². The van der Waals surface area contributed by atoms with E-state index in [2.05, 4.69) is 9.72 Å². The van der Waals surface area contributed by atoms with Gasteiger partial charge in [-0.3, -0.25) is 10.1 Å². The van der Waals surface area contributed by atoms with E-state index in [0.717, 1.165) is 0 Å². The van der Waals surface area contributed by atoms with Crippen LogP contribution in [0.15, 0.2) is 6.20 Å². The maximum Gasteiger partial charge on any atom is 0.573 e. The molecule has 0 N–H and O–H groups in total. The van der Waals surface area contributed by atoms with Crippen molar-refractivity contribution in [1.29, 1.82) is 0 Å². The number of ether oxygens (including phenoxy) is 1. The zero-order valence-electron chi connectivity index (χ0n) is 7.79. The Morgan fingerprint density at radius 3 is 2.53 bits per heavy atom. The fourth-order valence-electron chi connectivity index (χ4n) is 0.983. The topological polar surface area (TPSA) is 65.3 Å². The molecule has 0 aromatic carbocycles. The zero-order chi connectivity index (χ0) is 13.2. The van der Waals surface area contributed by atoms with Crippen LogP contribution in [0.4, 0.5) is 23.2 Å². The molecule has 1 aromatic heterocycles. The molecular formula is C7H3ClF4N2O3. The first-order valence-electron chi connectivity index (χ1n) is 3.89. The van der Waals surface area contributed by atoms with Gasteiger partial charge in [-0.05, 0) is 0 Å². The summed E-state index contributed by atoms with van der Waals surface area (Å²) >= 11 is 5.26. The summed E-state index contributed by atoms with van der Waals surface area (Å²) in [5.41, 5.74) is -1.93. The minimum Gasteiger partial charge on any atom is -0.398 e. The van der Waals surface area contributed by atoms with Crippen LogP contribution in [0.1, 0.15) is 5.56 Å². The summed E-state index contributed by atoms with van der Waals surface area (Å²) in [5.74, 6) is -3.51. The fourth-order valence-corrected chi connectivity index (χ4v) is 1.17. The van der Waals surface area contributed by atoms with Crippen molar-refractivity contribution in [3.05, 3.63) is 27.8 Å². The summed E-state index contributed by atoms with van der Waals surface area (Å²) in [6.07, 6.45) is -4.56. The van der Waals surface area contributed by atoms with Gasteiger partial charge in [0.2, 0.25) is 5.75 Å². The van der Waals surface area contributed by atoms with Gasteiger partial charge in [0, 0.05) is 11.8 Å². The van der Waals surface area contributed by atoms with Gasteiger partial charge in [-0.1, -0.05) is 0 Å². The minimum absolute atomic E-state index is 0.433. The summed E-state index contributed by atoms with van der Waals surface area (Å²) in [6, 6.07) is 0. The molecule has 0 fully saturated rings. The van der Waals surface area contributed by atoms with Crippen LogP contribution in [0.25, 0.3) is 0 Å². The normalized spacial score (nSPS) is 11.4. The molecule has 94 valence electrons. The van der Waals surface area contributed by atoms with Crippen molar-refractivity contribution in [2.45, 2.75) is 12.2 Å². The van der Waals surface area contributed by atoms with E-state index in [4.69, 9.17) is 11.6 Å². The summed E-state index contributed by atoms with van der Waals surface area (Å²) in [4.78, 5) is 12.0. The third-order valence-corrected chi connectivity index (χ3v) is 1.87. The van der Waals surface area contributed by atoms with Crippen LogP contribution in [0.2, 0.25) is 0 Å². The smallest absolute Gasteiger partial charge is 0.398 e. The van der Waals surface area contributed by atoms with Gasteiger partial charge in [0.1, 0.15) is 0 Å². The first-order chi connectivity index (χ1) is 7.76. The number of hydrogen-bond donors (Lipinski definition) is 0. The van der Waals surface area contributed by atoms with Crippen LogP contribution in [0.3, 0.4) is 0 Å². The summed E-state index contributed by atoms with van der Waals surface area (Å²) in [6.45, 7) is 0. The average molecular weight is 275 g/mol. The minimum atomic E-state index is -5.20. The van der Waals surface area contributed by atoms with Crippen LogP contribution < -0.4 is 4.74 Å². The third-order valence-electron chi connectivity index (χ3n) is 1.58. The molecule has 0 unspecified atom stereocenters. The largest absolute Gasteiger partial charge is 0.573 e. The number of aromatic nitrogens is 1. The number of halogens is 5. The molecule has 0 atom stereocenters.